The molecule has 2 aromatic rings. The molecule has 1 heterocycles. The first-order valence-electron chi connectivity index (χ1n) is 5.13. The number of halogens is 7. The van der Waals surface area contributed by atoms with Gasteiger partial charge < -0.3 is 0 Å². The molecule has 0 atom stereocenters. The van der Waals surface area contributed by atoms with E-state index in [1.54, 1.807) is 0 Å². The summed E-state index contributed by atoms with van der Waals surface area (Å²) in [4.78, 5) is 0. The lowest BCUT2D eigenvalue weighted by molar-refractivity contribution is 0.144. The van der Waals surface area contributed by atoms with E-state index < -0.39 is 29.6 Å². The Hall–Kier alpha value is -1.34. The summed E-state index contributed by atoms with van der Waals surface area (Å²) in [5.41, 5.74) is -1.19. The van der Waals surface area contributed by atoms with Gasteiger partial charge >= 0.3 is 0 Å². The summed E-state index contributed by atoms with van der Waals surface area (Å²) < 4.78 is 65.3. The Morgan fingerprint density at radius 1 is 1.15 bits per heavy atom. The molecule has 0 saturated heterocycles. The van der Waals surface area contributed by atoms with Crippen LogP contribution in [0.15, 0.2) is 12.1 Å². The van der Waals surface area contributed by atoms with Crippen LogP contribution in [0.2, 0.25) is 5.15 Å². The second-order valence-corrected chi connectivity index (χ2v) is 4.35. The maximum atomic E-state index is 13.1. The van der Waals surface area contributed by atoms with Crippen molar-refractivity contribution in [3.05, 3.63) is 46.0 Å². The molecule has 9 heteroatoms. The Labute approximate surface area is 119 Å². The van der Waals surface area contributed by atoms with E-state index in [0.717, 1.165) is 0 Å². The topological polar surface area (TPSA) is 17.8 Å². The molecule has 0 N–H and O–H groups in total. The molecule has 20 heavy (non-hydrogen) atoms. The summed E-state index contributed by atoms with van der Waals surface area (Å²) in [5.74, 6) is -5.01. The van der Waals surface area contributed by atoms with Crippen molar-refractivity contribution in [3.8, 4) is 5.69 Å². The SMILES string of the molecule is Fc1cc(-n2nc(C(F)F)c(CCl)c2Cl)cc(F)c1F. The third kappa shape index (κ3) is 2.47. The maximum absolute atomic E-state index is 13.1. The number of aromatic nitrogens is 2. The van der Waals surface area contributed by atoms with E-state index in [9.17, 15) is 22.0 Å². The monoisotopic (exact) mass is 330 g/mol. The van der Waals surface area contributed by atoms with E-state index in [4.69, 9.17) is 23.2 Å². The number of hydrogen-bond donors (Lipinski definition) is 0. The molecule has 0 bridgehead atoms. The highest BCUT2D eigenvalue weighted by Crippen LogP contribution is 2.31. The predicted molar refractivity (Wildman–Crippen MR) is 63.0 cm³/mol. The molecule has 0 spiro atoms. The Bertz CT molecular complexity index is 633. The lowest BCUT2D eigenvalue weighted by atomic mass is 10.2. The average Bonchev–Trinajstić information content (AvgIpc) is 2.72. The van der Waals surface area contributed by atoms with Crippen LogP contribution in [0.5, 0.6) is 0 Å². The number of hydrogen-bond acceptors (Lipinski definition) is 1. The van der Waals surface area contributed by atoms with Crippen molar-refractivity contribution < 1.29 is 22.0 Å². The molecular weight excluding hydrogens is 326 g/mol. The molecule has 0 radical (unpaired) electrons. The van der Waals surface area contributed by atoms with Crippen molar-refractivity contribution in [1.29, 1.82) is 0 Å². The van der Waals surface area contributed by atoms with Crippen molar-refractivity contribution in [2.45, 2.75) is 12.3 Å². The minimum Gasteiger partial charge on any atom is -0.221 e. The van der Waals surface area contributed by atoms with Gasteiger partial charge in [0.25, 0.3) is 6.43 Å². The first kappa shape index (κ1) is 15.1. The summed E-state index contributed by atoms with van der Waals surface area (Å²) in [5, 5.41) is 3.14. The zero-order valence-corrected chi connectivity index (χ0v) is 11.0. The number of benzene rings is 1. The Morgan fingerprint density at radius 2 is 1.70 bits per heavy atom. The van der Waals surface area contributed by atoms with Crippen molar-refractivity contribution in [2.75, 3.05) is 0 Å². The van der Waals surface area contributed by atoms with Gasteiger partial charge in [0.2, 0.25) is 0 Å². The van der Waals surface area contributed by atoms with E-state index in [1.165, 1.54) is 0 Å². The van der Waals surface area contributed by atoms with Crippen LogP contribution in [0.4, 0.5) is 22.0 Å². The van der Waals surface area contributed by atoms with Gasteiger partial charge in [-0.2, -0.15) is 5.10 Å². The molecule has 2 nitrogen and oxygen atoms in total. The van der Waals surface area contributed by atoms with Gasteiger partial charge in [0.1, 0.15) is 10.8 Å². The highest BCUT2D eigenvalue weighted by Gasteiger charge is 2.24. The van der Waals surface area contributed by atoms with Gasteiger partial charge in [0, 0.05) is 17.7 Å². The average molecular weight is 331 g/mol. The highest BCUT2D eigenvalue weighted by atomic mass is 35.5. The third-order valence-electron chi connectivity index (χ3n) is 2.51. The summed E-state index contributed by atoms with van der Waals surface area (Å²) in [7, 11) is 0. The quantitative estimate of drug-likeness (QED) is 0.456. The van der Waals surface area contributed by atoms with Crippen molar-refractivity contribution in [3.63, 3.8) is 0 Å². The molecule has 0 aliphatic heterocycles. The van der Waals surface area contributed by atoms with Crippen LogP contribution in [-0.2, 0) is 5.88 Å². The minimum absolute atomic E-state index is 0.159. The van der Waals surface area contributed by atoms with Gasteiger partial charge in [-0.15, -0.1) is 11.6 Å². The normalized spacial score (nSPS) is 11.4. The van der Waals surface area contributed by atoms with E-state index in [-0.39, 0.29) is 22.3 Å². The zero-order valence-electron chi connectivity index (χ0n) is 9.48. The van der Waals surface area contributed by atoms with Gasteiger partial charge in [-0.25, -0.2) is 26.6 Å². The number of alkyl halides is 3. The summed E-state index contributed by atoms with van der Waals surface area (Å²) in [6.45, 7) is 0. The summed E-state index contributed by atoms with van der Waals surface area (Å²) >= 11 is 11.3. The van der Waals surface area contributed by atoms with Gasteiger partial charge in [-0.3, -0.25) is 0 Å². The zero-order chi connectivity index (χ0) is 15.0. The van der Waals surface area contributed by atoms with Crippen LogP contribution in [0.25, 0.3) is 5.69 Å². The van der Waals surface area contributed by atoms with Gasteiger partial charge in [-0.05, 0) is 0 Å². The van der Waals surface area contributed by atoms with Gasteiger partial charge in [-0.1, -0.05) is 11.6 Å². The molecule has 0 amide bonds. The molecule has 0 fully saturated rings. The first-order chi connectivity index (χ1) is 9.36. The van der Waals surface area contributed by atoms with Crippen LogP contribution in [-0.4, -0.2) is 9.78 Å². The maximum Gasteiger partial charge on any atom is 0.282 e. The molecule has 108 valence electrons. The fourth-order valence-corrected chi connectivity index (χ4v) is 2.21. The molecule has 1 aromatic carbocycles. The summed E-state index contributed by atoms with van der Waals surface area (Å²) in [6.07, 6.45) is -2.96. The fourth-order valence-electron chi connectivity index (χ4n) is 1.58. The van der Waals surface area contributed by atoms with Crippen molar-refractivity contribution in [1.82, 2.24) is 9.78 Å². The lowest BCUT2D eigenvalue weighted by Crippen LogP contribution is -2.01. The van der Waals surface area contributed by atoms with E-state index in [2.05, 4.69) is 5.10 Å². The number of nitrogens with zero attached hydrogens (tertiary/aromatic N) is 2. The number of rotatable bonds is 3. The molecule has 0 aliphatic carbocycles. The van der Waals surface area contributed by atoms with Crippen molar-refractivity contribution in [2.24, 2.45) is 0 Å². The van der Waals surface area contributed by atoms with Crippen LogP contribution >= 0.6 is 23.2 Å². The standard InChI is InChI=1S/C11H5Cl2F5N2/c12-3-5-9(11(17)18)19-20(10(5)13)4-1-6(14)8(16)7(15)2-4/h1-2,11H,3H2. The second-order valence-electron chi connectivity index (χ2n) is 3.72. The van der Waals surface area contributed by atoms with Gasteiger partial charge in [0.15, 0.2) is 17.5 Å². The predicted octanol–water partition coefficient (Wildman–Crippen LogP) is 4.62. The summed E-state index contributed by atoms with van der Waals surface area (Å²) in [6, 6.07) is 1.18. The van der Waals surface area contributed by atoms with Crippen LogP contribution in [0.1, 0.15) is 17.7 Å². The largest absolute Gasteiger partial charge is 0.282 e. The van der Waals surface area contributed by atoms with Crippen molar-refractivity contribution >= 4 is 23.2 Å². The fraction of sp³-hybridized carbons (Fsp3) is 0.182. The molecule has 0 unspecified atom stereocenters. The molecule has 0 saturated carbocycles. The first-order valence-corrected chi connectivity index (χ1v) is 6.04. The van der Waals surface area contributed by atoms with E-state index >= 15 is 0 Å². The van der Waals surface area contributed by atoms with Crippen LogP contribution < -0.4 is 0 Å². The van der Waals surface area contributed by atoms with E-state index in [0.29, 0.717) is 16.8 Å². The minimum atomic E-state index is -2.96. The highest BCUT2D eigenvalue weighted by molar-refractivity contribution is 6.31. The Kier molecular flexibility index (Phi) is 4.19. The third-order valence-corrected chi connectivity index (χ3v) is 3.16. The second kappa shape index (κ2) is 5.57. The molecule has 0 aliphatic rings. The van der Waals surface area contributed by atoms with E-state index in [1.807, 2.05) is 0 Å². The Morgan fingerprint density at radius 3 is 2.10 bits per heavy atom. The van der Waals surface area contributed by atoms with Crippen LogP contribution in [0, 0.1) is 17.5 Å². The Balaban J connectivity index is 2.64. The smallest absolute Gasteiger partial charge is 0.221 e. The molecular formula is C11H5Cl2F5N2. The van der Waals surface area contributed by atoms with Crippen LogP contribution in [0.3, 0.4) is 0 Å². The molecule has 1 aromatic heterocycles. The lowest BCUT2D eigenvalue weighted by Gasteiger charge is -2.05. The molecule has 2 rings (SSSR count). The van der Waals surface area contributed by atoms with Gasteiger partial charge in [0.05, 0.1) is 11.6 Å².